The molecule has 1 heterocycles. The van der Waals surface area contributed by atoms with E-state index < -0.39 is 0 Å². The third kappa shape index (κ3) is 3.31. The molecule has 1 aliphatic carbocycles. The molecule has 0 saturated heterocycles. The highest BCUT2D eigenvalue weighted by atomic mass is 32.1. The second kappa shape index (κ2) is 6.31. The Labute approximate surface area is 111 Å². The first-order valence-corrected chi connectivity index (χ1v) is 7.20. The zero-order chi connectivity index (χ0) is 13.0. The first-order valence-electron chi connectivity index (χ1n) is 6.38. The van der Waals surface area contributed by atoms with Crippen molar-refractivity contribution in [3.05, 3.63) is 21.4 Å². The molecule has 3 N–H and O–H groups in total. The maximum absolute atomic E-state index is 11.4. The van der Waals surface area contributed by atoms with Gasteiger partial charge in [-0.3, -0.25) is 10.2 Å². The molecule has 1 amide bonds. The van der Waals surface area contributed by atoms with Crippen molar-refractivity contribution in [1.82, 2.24) is 5.43 Å². The fraction of sp³-hybridized carbons (Fsp3) is 0.615. The molecule has 2 rings (SSSR count). The molecule has 0 spiro atoms. The fourth-order valence-corrected chi connectivity index (χ4v) is 2.99. The van der Waals surface area contributed by atoms with Gasteiger partial charge in [-0.25, -0.2) is 5.84 Å². The van der Waals surface area contributed by atoms with Crippen LogP contribution in [0, 0.1) is 12.8 Å². The summed E-state index contributed by atoms with van der Waals surface area (Å²) >= 11 is 1.46. The van der Waals surface area contributed by atoms with Gasteiger partial charge in [-0.2, -0.15) is 0 Å². The third-order valence-corrected chi connectivity index (χ3v) is 4.62. The van der Waals surface area contributed by atoms with Crippen molar-refractivity contribution in [1.29, 1.82) is 0 Å². The number of hydrazine groups is 1. The topological polar surface area (TPSA) is 64.4 Å². The zero-order valence-electron chi connectivity index (χ0n) is 10.7. The summed E-state index contributed by atoms with van der Waals surface area (Å²) < 4.78 is 5.68. The van der Waals surface area contributed by atoms with E-state index in [1.807, 2.05) is 13.0 Å². The molecule has 1 fully saturated rings. The van der Waals surface area contributed by atoms with E-state index in [9.17, 15) is 4.79 Å². The van der Waals surface area contributed by atoms with Crippen molar-refractivity contribution < 1.29 is 9.53 Å². The minimum absolute atomic E-state index is 0.233. The van der Waals surface area contributed by atoms with Gasteiger partial charge in [-0.15, -0.1) is 11.3 Å². The Morgan fingerprint density at radius 1 is 1.61 bits per heavy atom. The molecular weight excluding hydrogens is 248 g/mol. The van der Waals surface area contributed by atoms with Crippen LogP contribution < -0.4 is 11.3 Å². The predicted octanol–water partition coefficient (Wildman–Crippen LogP) is 2.37. The van der Waals surface area contributed by atoms with Crippen molar-refractivity contribution in [2.45, 2.75) is 39.2 Å². The number of carbonyl (C=O) groups excluding carboxylic acids is 1. The number of nitrogens with one attached hydrogen (secondary N) is 1. The highest BCUT2D eigenvalue weighted by Crippen LogP contribution is 2.29. The average Bonchev–Trinajstić information content (AvgIpc) is 2.67. The van der Waals surface area contributed by atoms with Crippen LogP contribution in [0.5, 0.6) is 0 Å². The van der Waals surface area contributed by atoms with Crippen molar-refractivity contribution >= 4 is 17.2 Å². The summed E-state index contributed by atoms with van der Waals surface area (Å²) in [5, 5.41) is 0. The lowest BCUT2D eigenvalue weighted by atomic mass is 9.83. The van der Waals surface area contributed by atoms with Crippen LogP contribution in [-0.4, -0.2) is 12.5 Å². The molecule has 0 aliphatic heterocycles. The molecule has 0 unspecified atom stereocenters. The van der Waals surface area contributed by atoms with Gasteiger partial charge in [0.1, 0.15) is 0 Å². The van der Waals surface area contributed by atoms with E-state index in [-0.39, 0.29) is 5.91 Å². The number of ether oxygens (including phenoxy) is 1. The van der Waals surface area contributed by atoms with Gasteiger partial charge in [0.15, 0.2) is 0 Å². The molecule has 1 aromatic rings. The van der Waals surface area contributed by atoms with Crippen molar-refractivity contribution in [3.8, 4) is 0 Å². The quantitative estimate of drug-likeness (QED) is 0.360. The standard InChI is InChI=1S/C13H20N2O2S/c1-9-11(7-12(18-9)13(16)15-14)8-17-6-5-10-3-2-4-10/h7,10H,2-6,8,14H2,1H3,(H,15,16). The van der Waals surface area contributed by atoms with Crippen LogP contribution >= 0.6 is 11.3 Å². The number of amides is 1. The van der Waals surface area contributed by atoms with E-state index in [4.69, 9.17) is 10.6 Å². The molecule has 100 valence electrons. The van der Waals surface area contributed by atoms with Crippen LogP contribution in [0.1, 0.15) is 45.8 Å². The first-order chi connectivity index (χ1) is 8.70. The molecule has 0 bridgehead atoms. The van der Waals surface area contributed by atoms with Gasteiger partial charge < -0.3 is 4.74 Å². The molecule has 0 aromatic carbocycles. The fourth-order valence-electron chi connectivity index (χ4n) is 2.06. The number of carbonyl (C=O) groups is 1. The summed E-state index contributed by atoms with van der Waals surface area (Å²) in [5.74, 6) is 5.77. The highest BCUT2D eigenvalue weighted by Gasteiger charge is 2.17. The van der Waals surface area contributed by atoms with E-state index >= 15 is 0 Å². The molecular formula is C13H20N2O2S. The van der Waals surface area contributed by atoms with E-state index in [0.717, 1.165) is 23.0 Å². The van der Waals surface area contributed by atoms with Crippen LogP contribution in [0.3, 0.4) is 0 Å². The lowest BCUT2D eigenvalue weighted by Gasteiger charge is -2.24. The highest BCUT2D eigenvalue weighted by molar-refractivity contribution is 7.14. The van der Waals surface area contributed by atoms with E-state index in [1.165, 1.54) is 37.0 Å². The Morgan fingerprint density at radius 3 is 3.00 bits per heavy atom. The van der Waals surface area contributed by atoms with Crippen LogP contribution in [0.15, 0.2) is 6.07 Å². The normalized spacial score (nSPS) is 15.4. The second-order valence-corrected chi connectivity index (χ2v) is 6.06. The van der Waals surface area contributed by atoms with E-state index in [0.29, 0.717) is 11.5 Å². The Morgan fingerprint density at radius 2 is 2.39 bits per heavy atom. The maximum Gasteiger partial charge on any atom is 0.275 e. The summed E-state index contributed by atoms with van der Waals surface area (Å²) in [5.41, 5.74) is 3.24. The van der Waals surface area contributed by atoms with Crippen LogP contribution in [-0.2, 0) is 11.3 Å². The minimum atomic E-state index is -0.233. The van der Waals surface area contributed by atoms with Crippen molar-refractivity contribution in [2.75, 3.05) is 6.61 Å². The van der Waals surface area contributed by atoms with Gasteiger partial charge in [-0.05, 0) is 30.9 Å². The number of hydrogen-bond donors (Lipinski definition) is 2. The van der Waals surface area contributed by atoms with Gasteiger partial charge in [0.05, 0.1) is 11.5 Å². The SMILES string of the molecule is Cc1sc(C(=O)NN)cc1COCCC1CCC1. The Bertz CT molecular complexity index is 413. The number of rotatable bonds is 6. The lowest BCUT2D eigenvalue weighted by molar-refractivity contribution is 0.0943. The van der Waals surface area contributed by atoms with E-state index in [1.54, 1.807) is 0 Å². The van der Waals surface area contributed by atoms with Gasteiger partial charge in [-0.1, -0.05) is 19.3 Å². The van der Waals surface area contributed by atoms with Gasteiger partial charge in [0.25, 0.3) is 5.91 Å². The zero-order valence-corrected chi connectivity index (χ0v) is 11.5. The Hall–Kier alpha value is -0.910. The second-order valence-electron chi connectivity index (χ2n) is 4.80. The van der Waals surface area contributed by atoms with Crippen LogP contribution in [0.4, 0.5) is 0 Å². The third-order valence-electron chi connectivity index (χ3n) is 3.53. The summed E-state index contributed by atoms with van der Waals surface area (Å²) in [4.78, 5) is 13.1. The molecule has 1 aliphatic rings. The Balaban J connectivity index is 1.77. The maximum atomic E-state index is 11.4. The largest absolute Gasteiger partial charge is 0.377 e. The number of nitrogens with two attached hydrogens (primary N) is 1. The number of nitrogen functional groups attached to an aromatic ring is 1. The number of thiophene rings is 1. The molecule has 1 saturated carbocycles. The van der Waals surface area contributed by atoms with Crippen molar-refractivity contribution in [3.63, 3.8) is 0 Å². The summed E-state index contributed by atoms with van der Waals surface area (Å²) in [7, 11) is 0. The number of aryl methyl sites for hydroxylation is 1. The summed E-state index contributed by atoms with van der Waals surface area (Å²) in [6.07, 6.45) is 5.27. The molecule has 4 nitrogen and oxygen atoms in total. The van der Waals surface area contributed by atoms with Gasteiger partial charge in [0, 0.05) is 11.5 Å². The average molecular weight is 268 g/mol. The molecule has 0 radical (unpaired) electrons. The summed E-state index contributed by atoms with van der Waals surface area (Å²) in [6.45, 7) is 3.41. The molecule has 1 aromatic heterocycles. The Kier molecular flexibility index (Phi) is 4.74. The van der Waals surface area contributed by atoms with E-state index in [2.05, 4.69) is 5.43 Å². The van der Waals surface area contributed by atoms with Crippen LogP contribution in [0.2, 0.25) is 0 Å². The minimum Gasteiger partial charge on any atom is -0.377 e. The molecule has 18 heavy (non-hydrogen) atoms. The molecule has 0 atom stereocenters. The molecule has 5 heteroatoms. The smallest absolute Gasteiger partial charge is 0.275 e. The first kappa shape index (κ1) is 13.5. The summed E-state index contributed by atoms with van der Waals surface area (Å²) in [6, 6.07) is 1.87. The van der Waals surface area contributed by atoms with Gasteiger partial charge >= 0.3 is 0 Å². The lowest BCUT2D eigenvalue weighted by Crippen LogP contribution is -2.29. The predicted molar refractivity (Wildman–Crippen MR) is 72.3 cm³/mol. The monoisotopic (exact) mass is 268 g/mol. The number of hydrogen-bond acceptors (Lipinski definition) is 4. The van der Waals surface area contributed by atoms with Gasteiger partial charge in [0.2, 0.25) is 0 Å². The van der Waals surface area contributed by atoms with Crippen molar-refractivity contribution in [2.24, 2.45) is 11.8 Å². The van der Waals surface area contributed by atoms with Crippen LogP contribution in [0.25, 0.3) is 0 Å².